The van der Waals surface area contributed by atoms with Gasteiger partial charge in [0.2, 0.25) is 0 Å². The normalized spacial score (nSPS) is 15.3. The molecule has 0 N–H and O–H groups in total. The standard InChI is InChI=1S/C21H22FN3OS/c1-24(2)18-8-7-15(13-16(18)22)21(26)25-11-9-14(10-12-25)20-23-17-5-3-4-6-19(17)27-20/h3-8,13-14H,9-12H2,1-2H3. The van der Waals surface area contributed by atoms with Crippen LogP contribution >= 0.6 is 11.3 Å². The molecule has 6 heteroatoms. The van der Waals surface area contributed by atoms with E-state index >= 15 is 0 Å². The van der Waals surface area contributed by atoms with Crippen molar-refractivity contribution in [1.29, 1.82) is 0 Å². The first kappa shape index (κ1) is 17.9. The second-order valence-corrected chi connectivity index (χ2v) is 8.21. The van der Waals surface area contributed by atoms with Gasteiger partial charge in [0.15, 0.2) is 0 Å². The monoisotopic (exact) mass is 383 g/mol. The molecule has 3 aromatic rings. The van der Waals surface area contributed by atoms with E-state index in [1.54, 1.807) is 42.5 Å². The topological polar surface area (TPSA) is 36.4 Å². The Bertz CT molecular complexity index is 943. The minimum atomic E-state index is -0.366. The maximum Gasteiger partial charge on any atom is 0.253 e. The molecule has 2 heterocycles. The number of anilines is 1. The highest BCUT2D eigenvalue weighted by Crippen LogP contribution is 2.34. The van der Waals surface area contributed by atoms with Crippen LogP contribution in [0.5, 0.6) is 0 Å². The number of amides is 1. The number of para-hydroxylation sites is 1. The highest BCUT2D eigenvalue weighted by Gasteiger charge is 2.27. The Morgan fingerprint density at radius 3 is 2.59 bits per heavy atom. The fourth-order valence-electron chi connectivity index (χ4n) is 3.58. The van der Waals surface area contributed by atoms with Crippen molar-refractivity contribution >= 4 is 33.1 Å². The minimum absolute atomic E-state index is 0.0954. The minimum Gasteiger partial charge on any atom is -0.375 e. The Morgan fingerprint density at radius 1 is 1.19 bits per heavy atom. The lowest BCUT2D eigenvalue weighted by molar-refractivity contribution is 0.0712. The number of benzene rings is 2. The highest BCUT2D eigenvalue weighted by atomic mass is 32.1. The first-order chi connectivity index (χ1) is 13.0. The van der Waals surface area contributed by atoms with Crippen LogP contribution in [0.2, 0.25) is 0 Å². The molecule has 0 radical (unpaired) electrons. The van der Waals surface area contributed by atoms with E-state index in [4.69, 9.17) is 4.98 Å². The Hall–Kier alpha value is -2.47. The summed E-state index contributed by atoms with van der Waals surface area (Å²) in [6, 6.07) is 12.9. The van der Waals surface area contributed by atoms with E-state index in [0.29, 0.717) is 30.3 Å². The van der Waals surface area contributed by atoms with Gasteiger partial charge < -0.3 is 9.80 Å². The zero-order chi connectivity index (χ0) is 19.0. The fourth-order valence-corrected chi connectivity index (χ4v) is 4.72. The molecular formula is C21H22FN3OS. The summed E-state index contributed by atoms with van der Waals surface area (Å²) in [6.07, 6.45) is 1.79. The molecule has 0 atom stereocenters. The SMILES string of the molecule is CN(C)c1ccc(C(=O)N2CCC(c3nc4ccccc4s3)CC2)cc1F. The Morgan fingerprint density at radius 2 is 1.93 bits per heavy atom. The summed E-state index contributed by atoms with van der Waals surface area (Å²) in [5.74, 6) is -0.0727. The van der Waals surface area contributed by atoms with Crippen molar-refractivity contribution in [1.82, 2.24) is 9.88 Å². The molecule has 1 saturated heterocycles. The van der Waals surface area contributed by atoms with Gasteiger partial charge in [-0.25, -0.2) is 9.37 Å². The predicted octanol–water partition coefficient (Wildman–Crippen LogP) is 4.52. The zero-order valence-electron chi connectivity index (χ0n) is 15.5. The van der Waals surface area contributed by atoms with Gasteiger partial charge in [0.25, 0.3) is 5.91 Å². The van der Waals surface area contributed by atoms with Crippen molar-refractivity contribution < 1.29 is 9.18 Å². The van der Waals surface area contributed by atoms with E-state index in [9.17, 15) is 9.18 Å². The summed E-state index contributed by atoms with van der Waals surface area (Å²) in [6.45, 7) is 1.35. The number of thiazole rings is 1. The van der Waals surface area contributed by atoms with Gasteiger partial charge in [0, 0.05) is 38.7 Å². The lowest BCUT2D eigenvalue weighted by atomic mass is 9.97. The van der Waals surface area contributed by atoms with E-state index in [1.165, 1.54) is 10.8 Å². The molecule has 0 unspecified atom stereocenters. The number of aromatic nitrogens is 1. The van der Waals surface area contributed by atoms with Crippen molar-refractivity contribution in [2.75, 3.05) is 32.1 Å². The molecule has 140 valence electrons. The van der Waals surface area contributed by atoms with Crippen LogP contribution < -0.4 is 4.90 Å². The number of halogens is 1. The summed E-state index contributed by atoms with van der Waals surface area (Å²) in [7, 11) is 3.57. The van der Waals surface area contributed by atoms with E-state index in [2.05, 4.69) is 6.07 Å². The molecule has 1 amide bonds. The van der Waals surface area contributed by atoms with Crippen LogP contribution in [0.3, 0.4) is 0 Å². The third-order valence-electron chi connectivity index (χ3n) is 5.12. The number of hydrogen-bond acceptors (Lipinski definition) is 4. The molecular weight excluding hydrogens is 361 g/mol. The van der Waals surface area contributed by atoms with Crippen molar-refractivity contribution in [3.05, 3.63) is 58.9 Å². The molecule has 4 rings (SSSR count). The molecule has 0 spiro atoms. The third kappa shape index (κ3) is 3.54. The van der Waals surface area contributed by atoms with E-state index in [0.717, 1.165) is 23.4 Å². The Kier molecular flexibility index (Phi) is 4.83. The van der Waals surface area contributed by atoms with Gasteiger partial charge in [-0.1, -0.05) is 12.1 Å². The number of fused-ring (bicyclic) bond motifs is 1. The van der Waals surface area contributed by atoms with Crippen LogP contribution in [-0.2, 0) is 0 Å². The number of carbonyl (C=O) groups excluding carboxylic acids is 1. The maximum absolute atomic E-state index is 14.2. The average molecular weight is 383 g/mol. The predicted molar refractivity (Wildman–Crippen MR) is 108 cm³/mol. The molecule has 1 aromatic heterocycles. The number of nitrogens with zero attached hydrogens (tertiary/aromatic N) is 3. The average Bonchev–Trinajstić information content (AvgIpc) is 3.11. The van der Waals surface area contributed by atoms with E-state index in [-0.39, 0.29) is 11.7 Å². The smallest absolute Gasteiger partial charge is 0.253 e. The summed E-state index contributed by atoms with van der Waals surface area (Å²) in [5, 5.41) is 1.16. The van der Waals surface area contributed by atoms with Crippen LogP contribution in [0.4, 0.5) is 10.1 Å². The summed E-state index contributed by atoms with van der Waals surface area (Å²) < 4.78 is 15.4. The molecule has 27 heavy (non-hydrogen) atoms. The molecule has 1 aliphatic rings. The Labute approximate surface area is 162 Å². The maximum atomic E-state index is 14.2. The van der Waals surface area contributed by atoms with Crippen molar-refractivity contribution in [3.63, 3.8) is 0 Å². The van der Waals surface area contributed by atoms with Crippen molar-refractivity contribution in [3.8, 4) is 0 Å². The summed E-state index contributed by atoms with van der Waals surface area (Å²) >= 11 is 1.75. The molecule has 1 fully saturated rings. The molecule has 2 aromatic carbocycles. The van der Waals surface area contributed by atoms with Crippen LogP contribution in [0.25, 0.3) is 10.2 Å². The highest BCUT2D eigenvalue weighted by molar-refractivity contribution is 7.18. The molecule has 0 aliphatic carbocycles. The largest absolute Gasteiger partial charge is 0.375 e. The second kappa shape index (κ2) is 7.27. The molecule has 1 aliphatic heterocycles. The Balaban J connectivity index is 1.44. The van der Waals surface area contributed by atoms with Crippen LogP contribution in [-0.4, -0.2) is 43.0 Å². The lowest BCUT2D eigenvalue weighted by Crippen LogP contribution is -2.38. The lowest BCUT2D eigenvalue weighted by Gasteiger charge is -2.31. The third-order valence-corrected chi connectivity index (χ3v) is 6.32. The summed E-state index contributed by atoms with van der Waals surface area (Å²) in [5.41, 5.74) is 1.95. The van der Waals surface area contributed by atoms with E-state index < -0.39 is 0 Å². The number of carbonyl (C=O) groups is 1. The molecule has 4 nitrogen and oxygen atoms in total. The van der Waals surface area contributed by atoms with Gasteiger partial charge >= 0.3 is 0 Å². The number of piperidine rings is 1. The van der Waals surface area contributed by atoms with E-state index in [1.807, 2.05) is 23.1 Å². The fraction of sp³-hybridized carbons (Fsp3) is 0.333. The molecule has 0 saturated carbocycles. The van der Waals surface area contributed by atoms with Crippen LogP contribution in [0.1, 0.15) is 34.1 Å². The van der Waals surface area contributed by atoms with Gasteiger partial charge in [-0.05, 0) is 43.2 Å². The first-order valence-corrected chi connectivity index (χ1v) is 9.96. The van der Waals surface area contributed by atoms with Crippen molar-refractivity contribution in [2.24, 2.45) is 0 Å². The van der Waals surface area contributed by atoms with Crippen LogP contribution in [0.15, 0.2) is 42.5 Å². The number of likely N-dealkylation sites (tertiary alicyclic amines) is 1. The van der Waals surface area contributed by atoms with Gasteiger partial charge in [0.05, 0.1) is 20.9 Å². The van der Waals surface area contributed by atoms with Crippen molar-refractivity contribution in [2.45, 2.75) is 18.8 Å². The number of hydrogen-bond donors (Lipinski definition) is 0. The molecule has 0 bridgehead atoms. The van der Waals surface area contributed by atoms with Gasteiger partial charge in [-0.2, -0.15) is 0 Å². The second-order valence-electron chi connectivity index (χ2n) is 7.15. The summed E-state index contributed by atoms with van der Waals surface area (Å²) in [4.78, 5) is 21.0. The number of rotatable bonds is 3. The van der Waals surface area contributed by atoms with Gasteiger partial charge in [-0.15, -0.1) is 11.3 Å². The van der Waals surface area contributed by atoms with Gasteiger partial charge in [-0.3, -0.25) is 4.79 Å². The quantitative estimate of drug-likeness (QED) is 0.667. The van der Waals surface area contributed by atoms with Gasteiger partial charge in [0.1, 0.15) is 5.82 Å². The van der Waals surface area contributed by atoms with Crippen LogP contribution in [0, 0.1) is 5.82 Å². The zero-order valence-corrected chi connectivity index (χ0v) is 16.3. The first-order valence-electron chi connectivity index (χ1n) is 9.14.